The number of hydrogen-bond donors (Lipinski definition) is 1. The second kappa shape index (κ2) is 3.67. The Kier molecular flexibility index (Phi) is 3.90. The predicted molar refractivity (Wildman–Crippen MR) is 45.3 cm³/mol. The Morgan fingerprint density at radius 2 is 1.78 bits per heavy atom. The summed E-state index contributed by atoms with van der Waals surface area (Å²) in [5.74, 6) is 0. The third-order valence-electron chi connectivity index (χ3n) is 1.25. The van der Waals surface area contributed by atoms with E-state index in [0.29, 0.717) is 0 Å². The highest BCUT2D eigenvalue weighted by Crippen LogP contribution is 2.39. The fourth-order valence-corrected chi connectivity index (χ4v) is 2.49. The van der Waals surface area contributed by atoms with Crippen molar-refractivity contribution in [3.8, 4) is 0 Å². The normalized spacial score (nSPS) is 17.9. The molecular weight excluding hydrogens is 153 g/mol. The molecule has 56 valence electrons. The zero-order chi connectivity index (χ0) is 7.49. The Bertz CT molecular complexity index is 118. The fourth-order valence-electron chi connectivity index (χ4n) is 0.748. The Morgan fingerprint density at radius 1 is 1.44 bits per heavy atom. The zero-order valence-electron chi connectivity index (χ0n) is 6.16. The topological polar surface area (TPSA) is 23.5 Å². The highest BCUT2D eigenvalue weighted by Gasteiger charge is 2.11. The summed E-state index contributed by atoms with van der Waals surface area (Å²) in [6.07, 6.45) is -2.11. The van der Waals surface area contributed by atoms with Crippen LogP contribution in [0.2, 0.25) is 0 Å². The first-order valence-corrected chi connectivity index (χ1v) is 6.23. The summed E-state index contributed by atoms with van der Waals surface area (Å²) in [6.45, 7) is 7.44. The van der Waals surface area contributed by atoms with Crippen molar-refractivity contribution >= 4 is 18.2 Å². The van der Waals surface area contributed by atoms with E-state index in [-0.39, 0.29) is 0 Å². The average Bonchev–Trinajstić information content (AvgIpc) is 1.65. The van der Waals surface area contributed by atoms with E-state index in [4.69, 9.17) is 11.8 Å². The van der Waals surface area contributed by atoms with Gasteiger partial charge in [-0.2, -0.15) is 0 Å². The van der Waals surface area contributed by atoms with Crippen LogP contribution in [0.1, 0.15) is 13.8 Å². The van der Waals surface area contributed by atoms with Crippen molar-refractivity contribution in [3.63, 3.8) is 0 Å². The van der Waals surface area contributed by atoms with Crippen LogP contribution in [0.4, 0.5) is 0 Å². The van der Waals surface area contributed by atoms with Gasteiger partial charge in [-0.05, 0) is 0 Å². The maximum Gasteiger partial charge on any atom is 0.126 e. The van der Waals surface area contributed by atoms with E-state index in [9.17, 15) is 4.89 Å². The zero-order valence-corrected chi connectivity index (χ0v) is 7.88. The third kappa shape index (κ3) is 3.31. The van der Waals surface area contributed by atoms with Gasteiger partial charge in [0.15, 0.2) is 0 Å². The highest BCUT2D eigenvalue weighted by molar-refractivity contribution is 8.10. The lowest BCUT2D eigenvalue weighted by Crippen LogP contribution is -2.18. The molecule has 0 amide bonds. The molecule has 0 radical (unpaired) electrons. The first-order chi connectivity index (χ1) is 4.02. The predicted octanol–water partition coefficient (Wildman–Crippen LogP) is 1.26. The van der Waals surface area contributed by atoms with Crippen molar-refractivity contribution in [2.75, 3.05) is 19.8 Å². The Balaban J connectivity index is 3.96. The SMILES string of the molecule is CCN(CC)P(C)(O)=S. The summed E-state index contributed by atoms with van der Waals surface area (Å²) < 4.78 is 1.92. The molecule has 0 aromatic heterocycles. The Labute approximate surface area is 62.0 Å². The van der Waals surface area contributed by atoms with Crippen molar-refractivity contribution in [2.45, 2.75) is 13.8 Å². The minimum absolute atomic E-state index is 0.848. The third-order valence-corrected chi connectivity index (χ3v) is 3.56. The molecule has 0 saturated heterocycles. The average molecular weight is 167 g/mol. The summed E-state index contributed by atoms with van der Waals surface area (Å²) in [7, 11) is 0. The van der Waals surface area contributed by atoms with Crippen LogP contribution >= 0.6 is 6.42 Å². The molecule has 9 heavy (non-hydrogen) atoms. The number of rotatable bonds is 3. The molecule has 0 heterocycles. The van der Waals surface area contributed by atoms with Gasteiger partial charge in [0, 0.05) is 19.8 Å². The summed E-state index contributed by atoms with van der Waals surface area (Å²) in [5.41, 5.74) is 0. The van der Waals surface area contributed by atoms with Crippen LogP contribution in [-0.2, 0) is 11.8 Å². The van der Waals surface area contributed by atoms with Gasteiger partial charge < -0.3 is 4.89 Å². The van der Waals surface area contributed by atoms with Gasteiger partial charge in [0.05, 0.1) is 0 Å². The summed E-state index contributed by atoms with van der Waals surface area (Å²) in [4.78, 5) is 9.33. The van der Waals surface area contributed by atoms with E-state index in [1.54, 1.807) is 6.66 Å². The quantitative estimate of drug-likeness (QED) is 0.640. The van der Waals surface area contributed by atoms with Crippen LogP contribution in [0.25, 0.3) is 0 Å². The van der Waals surface area contributed by atoms with Crippen LogP contribution in [0, 0.1) is 0 Å². The van der Waals surface area contributed by atoms with Gasteiger partial charge >= 0.3 is 0 Å². The molecule has 0 aliphatic heterocycles. The second-order valence-electron chi connectivity index (χ2n) is 1.97. The summed E-state index contributed by atoms with van der Waals surface area (Å²) >= 11 is 4.90. The van der Waals surface area contributed by atoms with Crippen molar-refractivity contribution in [2.24, 2.45) is 0 Å². The van der Waals surface area contributed by atoms with Crippen LogP contribution in [0.5, 0.6) is 0 Å². The fraction of sp³-hybridized carbons (Fsp3) is 1.00. The van der Waals surface area contributed by atoms with E-state index >= 15 is 0 Å². The lowest BCUT2D eigenvalue weighted by Gasteiger charge is -2.24. The van der Waals surface area contributed by atoms with E-state index in [1.807, 2.05) is 18.5 Å². The molecule has 0 bridgehead atoms. The molecule has 0 aliphatic carbocycles. The Morgan fingerprint density at radius 3 is 1.78 bits per heavy atom. The van der Waals surface area contributed by atoms with E-state index < -0.39 is 6.42 Å². The van der Waals surface area contributed by atoms with Gasteiger partial charge in [0.25, 0.3) is 0 Å². The minimum Gasteiger partial charge on any atom is -0.354 e. The molecule has 1 N–H and O–H groups in total. The molecule has 0 aromatic rings. The maximum absolute atomic E-state index is 9.33. The lowest BCUT2D eigenvalue weighted by molar-refractivity contribution is 0.444. The molecule has 0 saturated carbocycles. The van der Waals surface area contributed by atoms with Gasteiger partial charge in [0.2, 0.25) is 0 Å². The van der Waals surface area contributed by atoms with Crippen LogP contribution in [0.3, 0.4) is 0 Å². The first kappa shape index (κ1) is 9.57. The lowest BCUT2D eigenvalue weighted by atomic mass is 10.7. The largest absolute Gasteiger partial charge is 0.354 e. The van der Waals surface area contributed by atoms with Crippen LogP contribution in [0.15, 0.2) is 0 Å². The smallest absolute Gasteiger partial charge is 0.126 e. The second-order valence-corrected chi connectivity index (χ2v) is 6.29. The monoisotopic (exact) mass is 167 g/mol. The molecule has 0 rings (SSSR count). The summed E-state index contributed by atoms with van der Waals surface area (Å²) in [5, 5.41) is 0. The standard InChI is InChI=1S/C5H14NOPS/c1-4-6(5-2)8(3,7)9/h4-5H2,1-3H3,(H,7,9). The van der Waals surface area contributed by atoms with E-state index in [1.165, 1.54) is 0 Å². The highest BCUT2D eigenvalue weighted by atomic mass is 32.4. The molecule has 0 aromatic carbocycles. The van der Waals surface area contributed by atoms with Crippen LogP contribution in [-0.4, -0.2) is 29.3 Å². The molecule has 4 heteroatoms. The molecule has 1 atom stereocenters. The molecule has 0 fully saturated rings. The molecule has 0 spiro atoms. The molecule has 1 unspecified atom stereocenters. The first-order valence-electron chi connectivity index (χ1n) is 3.08. The number of hydrogen-bond acceptors (Lipinski definition) is 1. The summed E-state index contributed by atoms with van der Waals surface area (Å²) in [6, 6.07) is 0. The van der Waals surface area contributed by atoms with Gasteiger partial charge in [-0.1, -0.05) is 25.7 Å². The maximum atomic E-state index is 9.33. The molecular formula is C5H14NOPS. The van der Waals surface area contributed by atoms with Crippen molar-refractivity contribution in [1.29, 1.82) is 0 Å². The number of nitrogens with zero attached hydrogens (tertiary/aromatic N) is 1. The van der Waals surface area contributed by atoms with Gasteiger partial charge in [-0.3, -0.25) is 4.67 Å². The Hall–Kier alpha value is 0.570. The minimum atomic E-state index is -2.11. The van der Waals surface area contributed by atoms with Gasteiger partial charge in [-0.15, -0.1) is 0 Å². The van der Waals surface area contributed by atoms with Crippen molar-refractivity contribution < 1.29 is 4.89 Å². The van der Waals surface area contributed by atoms with E-state index in [2.05, 4.69) is 0 Å². The van der Waals surface area contributed by atoms with Crippen molar-refractivity contribution in [3.05, 3.63) is 0 Å². The van der Waals surface area contributed by atoms with Gasteiger partial charge in [0.1, 0.15) is 6.42 Å². The molecule has 0 aliphatic rings. The molecule has 2 nitrogen and oxygen atoms in total. The van der Waals surface area contributed by atoms with Crippen LogP contribution < -0.4 is 0 Å². The van der Waals surface area contributed by atoms with E-state index in [0.717, 1.165) is 13.1 Å². The van der Waals surface area contributed by atoms with Crippen molar-refractivity contribution in [1.82, 2.24) is 4.67 Å². The van der Waals surface area contributed by atoms with Gasteiger partial charge in [-0.25, -0.2) is 0 Å².